The van der Waals surface area contributed by atoms with E-state index in [-0.39, 0.29) is 17.4 Å². The number of anilines is 1. The molecule has 0 aliphatic carbocycles. The molecule has 11 heteroatoms. The first-order chi connectivity index (χ1) is 18.3. The smallest absolute Gasteiger partial charge is 0.311 e. The van der Waals surface area contributed by atoms with Crippen molar-refractivity contribution in [1.82, 2.24) is 10.9 Å². The van der Waals surface area contributed by atoms with Gasteiger partial charge in [0.15, 0.2) is 5.75 Å². The molecule has 38 heavy (non-hydrogen) atoms. The van der Waals surface area contributed by atoms with Gasteiger partial charge in [-0.2, -0.15) is 0 Å². The summed E-state index contributed by atoms with van der Waals surface area (Å²) in [4.78, 5) is 35.2. The van der Waals surface area contributed by atoms with E-state index in [0.717, 1.165) is 34.5 Å². The molecule has 3 aromatic carbocycles. The van der Waals surface area contributed by atoms with Crippen LogP contribution in [0.2, 0.25) is 0 Å². The van der Waals surface area contributed by atoms with Crippen LogP contribution < -0.4 is 21.9 Å². The second kappa shape index (κ2) is 11.3. The molecule has 1 heterocycles. The van der Waals surface area contributed by atoms with Crippen molar-refractivity contribution in [2.45, 2.75) is 19.5 Å². The number of phenolic OH excluding ortho intramolecular Hbond substituents is 1. The number of nitro groups is 1. The van der Waals surface area contributed by atoms with Gasteiger partial charge in [0, 0.05) is 35.5 Å². The summed E-state index contributed by atoms with van der Waals surface area (Å²) < 4.78 is 5.35. The largest absolute Gasteiger partial charge is 0.502 e. The highest BCUT2D eigenvalue weighted by Gasteiger charge is 2.20. The van der Waals surface area contributed by atoms with E-state index in [2.05, 4.69) is 23.1 Å². The summed E-state index contributed by atoms with van der Waals surface area (Å²) in [5.41, 5.74) is 13.6. The van der Waals surface area contributed by atoms with E-state index >= 15 is 0 Å². The molecule has 0 saturated heterocycles. The SMILES string of the molecule is CC(Nc1ccc(-c2ccoc2C(=O)NNC(=O)c2ccc(O)c([N+](=O)[O-])c2)cc1)c1ccc(CN)cc1. The summed E-state index contributed by atoms with van der Waals surface area (Å²) in [6.07, 6.45) is 1.36. The van der Waals surface area contributed by atoms with Crippen LogP contribution in [0.15, 0.2) is 83.5 Å². The zero-order valence-electron chi connectivity index (χ0n) is 20.3. The van der Waals surface area contributed by atoms with Crippen molar-refractivity contribution in [1.29, 1.82) is 0 Å². The van der Waals surface area contributed by atoms with Crippen molar-refractivity contribution < 1.29 is 24.0 Å². The second-order valence-corrected chi connectivity index (χ2v) is 8.42. The lowest BCUT2D eigenvalue weighted by molar-refractivity contribution is -0.385. The molecular formula is C27H25N5O6. The third-order valence-electron chi connectivity index (χ3n) is 5.89. The number of furan rings is 1. The van der Waals surface area contributed by atoms with Crippen LogP contribution in [-0.2, 0) is 6.54 Å². The Labute approximate surface area is 217 Å². The Kier molecular flexibility index (Phi) is 7.69. The van der Waals surface area contributed by atoms with Crippen LogP contribution in [0.25, 0.3) is 11.1 Å². The topological polar surface area (TPSA) is 173 Å². The fourth-order valence-electron chi connectivity index (χ4n) is 3.79. The Morgan fingerprint density at radius 2 is 1.68 bits per heavy atom. The van der Waals surface area contributed by atoms with Gasteiger partial charge in [-0.1, -0.05) is 36.4 Å². The maximum atomic E-state index is 12.7. The first kappa shape index (κ1) is 25.9. The Balaban J connectivity index is 1.40. The van der Waals surface area contributed by atoms with Gasteiger partial charge >= 0.3 is 11.6 Å². The molecule has 4 aromatic rings. The van der Waals surface area contributed by atoms with Gasteiger partial charge in [-0.3, -0.25) is 30.6 Å². The predicted octanol–water partition coefficient (Wildman–Crippen LogP) is 4.27. The minimum absolute atomic E-state index is 0.0314. The number of hydrazine groups is 1. The molecule has 1 aromatic heterocycles. The molecular weight excluding hydrogens is 490 g/mol. The third kappa shape index (κ3) is 5.79. The van der Waals surface area contributed by atoms with Crippen LogP contribution in [0, 0.1) is 10.1 Å². The van der Waals surface area contributed by atoms with E-state index in [4.69, 9.17) is 10.2 Å². The van der Waals surface area contributed by atoms with Crippen LogP contribution >= 0.6 is 0 Å². The van der Waals surface area contributed by atoms with Gasteiger partial charge in [0.1, 0.15) is 0 Å². The van der Waals surface area contributed by atoms with Gasteiger partial charge in [-0.05, 0) is 53.9 Å². The molecule has 4 rings (SSSR count). The minimum atomic E-state index is -0.819. The molecule has 2 amide bonds. The van der Waals surface area contributed by atoms with E-state index in [1.165, 1.54) is 12.3 Å². The number of hydrogen-bond acceptors (Lipinski definition) is 8. The molecule has 0 aliphatic heterocycles. The summed E-state index contributed by atoms with van der Waals surface area (Å²) in [7, 11) is 0. The Hall–Kier alpha value is -5.16. The van der Waals surface area contributed by atoms with Crippen molar-refractivity contribution >= 4 is 23.2 Å². The van der Waals surface area contributed by atoms with Crippen molar-refractivity contribution in [3.05, 3.63) is 112 Å². The van der Waals surface area contributed by atoms with Crippen LogP contribution in [0.1, 0.15) is 45.0 Å². The second-order valence-electron chi connectivity index (χ2n) is 8.42. The van der Waals surface area contributed by atoms with Crippen LogP contribution in [0.3, 0.4) is 0 Å². The quantitative estimate of drug-likeness (QED) is 0.171. The van der Waals surface area contributed by atoms with Crippen LogP contribution in [0.4, 0.5) is 11.4 Å². The highest BCUT2D eigenvalue weighted by molar-refractivity contribution is 6.01. The summed E-state index contributed by atoms with van der Waals surface area (Å²) in [5.74, 6) is -2.14. The number of carbonyl (C=O) groups is 2. The predicted molar refractivity (Wildman–Crippen MR) is 140 cm³/mol. The van der Waals surface area contributed by atoms with E-state index in [1.807, 2.05) is 48.5 Å². The average molecular weight is 516 g/mol. The highest BCUT2D eigenvalue weighted by atomic mass is 16.6. The molecule has 194 valence electrons. The molecule has 1 unspecified atom stereocenters. The van der Waals surface area contributed by atoms with Crippen molar-refractivity contribution in [3.8, 4) is 16.9 Å². The number of amides is 2. The molecule has 0 aliphatic rings. The molecule has 0 radical (unpaired) electrons. The first-order valence-electron chi connectivity index (χ1n) is 11.6. The minimum Gasteiger partial charge on any atom is -0.502 e. The lowest BCUT2D eigenvalue weighted by Crippen LogP contribution is -2.41. The van der Waals surface area contributed by atoms with Crippen LogP contribution in [0.5, 0.6) is 5.75 Å². The summed E-state index contributed by atoms with van der Waals surface area (Å²) >= 11 is 0. The molecule has 6 N–H and O–H groups in total. The van der Waals surface area contributed by atoms with Crippen molar-refractivity contribution in [2.24, 2.45) is 5.73 Å². The number of carbonyl (C=O) groups excluding carboxylic acids is 2. The lowest BCUT2D eigenvalue weighted by Gasteiger charge is -2.16. The van der Waals surface area contributed by atoms with E-state index in [0.29, 0.717) is 12.1 Å². The number of nitro benzene ring substituents is 1. The molecule has 11 nitrogen and oxygen atoms in total. The molecule has 0 saturated carbocycles. The van der Waals surface area contributed by atoms with Crippen molar-refractivity contribution in [3.63, 3.8) is 0 Å². The number of phenols is 1. The summed E-state index contributed by atoms with van der Waals surface area (Å²) in [5, 5.41) is 23.9. The molecule has 0 spiro atoms. The average Bonchev–Trinajstić information content (AvgIpc) is 3.42. The molecule has 1 atom stereocenters. The molecule has 0 fully saturated rings. The van der Waals surface area contributed by atoms with Gasteiger partial charge in [-0.25, -0.2) is 0 Å². The van der Waals surface area contributed by atoms with Crippen LogP contribution in [-0.4, -0.2) is 21.8 Å². The Morgan fingerprint density at radius 1 is 1.00 bits per heavy atom. The van der Waals surface area contributed by atoms with E-state index in [9.17, 15) is 24.8 Å². The van der Waals surface area contributed by atoms with Gasteiger partial charge in [-0.15, -0.1) is 0 Å². The van der Waals surface area contributed by atoms with Crippen molar-refractivity contribution in [2.75, 3.05) is 5.32 Å². The Bertz CT molecular complexity index is 1460. The number of nitrogens with two attached hydrogens (primary N) is 1. The lowest BCUT2D eigenvalue weighted by atomic mass is 10.0. The number of hydrogen-bond donors (Lipinski definition) is 5. The number of nitrogens with zero attached hydrogens (tertiary/aromatic N) is 1. The fourth-order valence-corrected chi connectivity index (χ4v) is 3.79. The van der Waals surface area contributed by atoms with Gasteiger partial charge in [0.25, 0.3) is 5.91 Å². The van der Waals surface area contributed by atoms with E-state index < -0.39 is 28.2 Å². The summed E-state index contributed by atoms with van der Waals surface area (Å²) in [6, 6.07) is 20.3. The highest BCUT2D eigenvalue weighted by Crippen LogP contribution is 2.28. The first-order valence-corrected chi connectivity index (χ1v) is 11.6. The zero-order valence-corrected chi connectivity index (χ0v) is 20.3. The number of nitrogens with one attached hydrogen (secondary N) is 3. The van der Waals surface area contributed by atoms with Gasteiger partial charge in [0.2, 0.25) is 5.76 Å². The monoisotopic (exact) mass is 515 g/mol. The van der Waals surface area contributed by atoms with E-state index in [1.54, 1.807) is 6.07 Å². The molecule has 0 bridgehead atoms. The Morgan fingerprint density at radius 3 is 2.34 bits per heavy atom. The number of aromatic hydroxyl groups is 1. The summed E-state index contributed by atoms with van der Waals surface area (Å²) in [6.45, 7) is 2.54. The zero-order chi connectivity index (χ0) is 27.2. The number of rotatable bonds is 8. The van der Waals surface area contributed by atoms with Gasteiger partial charge < -0.3 is 20.6 Å². The maximum absolute atomic E-state index is 12.7. The third-order valence-corrected chi connectivity index (χ3v) is 5.89. The standard InChI is InChI=1S/C27H25N5O6/c1-16(18-4-2-17(15-28)3-5-18)29-21-9-6-19(7-10-21)22-12-13-38-25(22)27(35)31-30-26(34)20-8-11-24(33)23(14-20)32(36)37/h2-14,16,29,33H,15,28H2,1H3,(H,30,34)(H,31,35). The van der Waals surface area contributed by atoms with Gasteiger partial charge in [0.05, 0.1) is 11.2 Å². The maximum Gasteiger partial charge on any atom is 0.311 e. The number of benzene rings is 3. The normalized spacial score (nSPS) is 11.4. The fraction of sp³-hybridized carbons (Fsp3) is 0.111.